The Bertz CT molecular complexity index is 899. The smallest absolute Gasteiger partial charge is 0.265 e. The highest BCUT2D eigenvalue weighted by Crippen LogP contribution is 2.22. The monoisotopic (exact) mass is 355 g/mol. The average molecular weight is 355 g/mol. The second-order valence-electron chi connectivity index (χ2n) is 5.98. The van der Waals surface area contributed by atoms with Crippen LogP contribution >= 0.6 is 11.5 Å². The predicted octanol–water partition coefficient (Wildman–Crippen LogP) is 3.39. The van der Waals surface area contributed by atoms with Gasteiger partial charge in [-0.15, -0.1) is 5.10 Å². The SMILES string of the molecule is CCc1nnsc1C(=O)NC(C)c1cnn(-c2ccccc2C)c1C. The van der Waals surface area contributed by atoms with Gasteiger partial charge in [-0.1, -0.05) is 29.6 Å². The van der Waals surface area contributed by atoms with Crippen LogP contribution in [0.1, 0.15) is 52.1 Å². The van der Waals surface area contributed by atoms with Gasteiger partial charge in [0.15, 0.2) is 0 Å². The maximum atomic E-state index is 12.5. The molecule has 130 valence electrons. The molecule has 0 bridgehead atoms. The molecule has 0 aliphatic carbocycles. The van der Waals surface area contributed by atoms with Crippen LogP contribution in [0.2, 0.25) is 0 Å². The van der Waals surface area contributed by atoms with Crippen molar-refractivity contribution in [3.63, 3.8) is 0 Å². The number of para-hydroxylation sites is 1. The van der Waals surface area contributed by atoms with Crippen LogP contribution in [0.4, 0.5) is 0 Å². The molecule has 6 nitrogen and oxygen atoms in total. The second kappa shape index (κ2) is 7.14. The van der Waals surface area contributed by atoms with Crippen molar-refractivity contribution in [3.8, 4) is 5.69 Å². The highest BCUT2D eigenvalue weighted by molar-refractivity contribution is 7.08. The summed E-state index contributed by atoms with van der Waals surface area (Å²) in [5.74, 6) is -0.137. The van der Waals surface area contributed by atoms with Gasteiger partial charge in [0, 0.05) is 11.3 Å². The minimum atomic E-state index is -0.155. The van der Waals surface area contributed by atoms with Gasteiger partial charge in [-0.2, -0.15) is 5.10 Å². The Hall–Kier alpha value is -2.54. The average Bonchev–Trinajstić information content (AvgIpc) is 3.21. The number of carbonyl (C=O) groups excluding carboxylic acids is 1. The molecular weight excluding hydrogens is 334 g/mol. The van der Waals surface area contributed by atoms with E-state index < -0.39 is 0 Å². The Morgan fingerprint density at radius 3 is 2.80 bits per heavy atom. The summed E-state index contributed by atoms with van der Waals surface area (Å²) in [6.07, 6.45) is 2.51. The lowest BCUT2D eigenvalue weighted by atomic mass is 10.1. The number of rotatable bonds is 5. The largest absolute Gasteiger partial charge is 0.345 e. The summed E-state index contributed by atoms with van der Waals surface area (Å²) in [6, 6.07) is 7.95. The molecule has 25 heavy (non-hydrogen) atoms. The lowest BCUT2D eigenvalue weighted by Gasteiger charge is -2.14. The van der Waals surface area contributed by atoms with Crippen molar-refractivity contribution in [1.82, 2.24) is 24.7 Å². The molecule has 7 heteroatoms. The van der Waals surface area contributed by atoms with E-state index in [1.807, 2.05) is 49.8 Å². The fourth-order valence-electron chi connectivity index (χ4n) is 2.84. The molecule has 2 aromatic heterocycles. The Labute approximate surface area is 151 Å². The highest BCUT2D eigenvalue weighted by Gasteiger charge is 2.20. The summed E-state index contributed by atoms with van der Waals surface area (Å²) in [6.45, 7) is 8.01. The van der Waals surface area contributed by atoms with E-state index in [1.54, 1.807) is 0 Å². The zero-order chi connectivity index (χ0) is 18.0. The van der Waals surface area contributed by atoms with Crippen LogP contribution in [-0.4, -0.2) is 25.3 Å². The van der Waals surface area contributed by atoms with Crippen LogP contribution in [0.25, 0.3) is 5.69 Å². The molecule has 1 N–H and O–H groups in total. The molecule has 0 saturated heterocycles. The van der Waals surface area contributed by atoms with Crippen molar-refractivity contribution in [3.05, 3.63) is 57.9 Å². The summed E-state index contributed by atoms with van der Waals surface area (Å²) in [5, 5.41) is 11.5. The first kappa shape index (κ1) is 17.3. The van der Waals surface area contributed by atoms with Gasteiger partial charge in [0.2, 0.25) is 0 Å². The van der Waals surface area contributed by atoms with E-state index in [0.717, 1.165) is 39.7 Å². The van der Waals surface area contributed by atoms with Crippen molar-refractivity contribution >= 4 is 17.4 Å². The van der Waals surface area contributed by atoms with Crippen LogP contribution in [0, 0.1) is 13.8 Å². The van der Waals surface area contributed by atoms with Gasteiger partial charge in [-0.3, -0.25) is 4.79 Å². The van der Waals surface area contributed by atoms with E-state index in [4.69, 9.17) is 0 Å². The number of nitrogens with zero attached hydrogens (tertiary/aromatic N) is 4. The number of benzene rings is 1. The number of hydrogen-bond donors (Lipinski definition) is 1. The molecule has 1 aromatic carbocycles. The molecule has 0 spiro atoms. The first-order valence-electron chi connectivity index (χ1n) is 8.25. The molecule has 3 rings (SSSR count). The van der Waals surface area contributed by atoms with Crippen LogP contribution < -0.4 is 5.32 Å². The van der Waals surface area contributed by atoms with Gasteiger partial charge in [0.05, 0.1) is 23.6 Å². The fraction of sp³-hybridized carbons (Fsp3) is 0.333. The summed E-state index contributed by atoms with van der Waals surface area (Å²) < 4.78 is 5.80. The molecular formula is C18H21N5OS. The summed E-state index contributed by atoms with van der Waals surface area (Å²) in [5.41, 5.74) is 4.94. The van der Waals surface area contributed by atoms with Crippen LogP contribution in [-0.2, 0) is 6.42 Å². The number of nitrogens with one attached hydrogen (secondary N) is 1. The molecule has 1 atom stereocenters. The molecule has 2 heterocycles. The molecule has 0 aliphatic heterocycles. The summed E-state index contributed by atoms with van der Waals surface area (Å²) in [7, 11) is 0. The zero-order valence-corrected chi connectivity index (χ0v) is 15.6. The van der Waals surface area contributed by atoms with Gasteiger partial charge in [0.1, 0.15) is 4.88 Å². The Balaban J connectivity index is 1.83. The van der Waals surface area contributed by atoms with E-state index >= 15 is 0 Å². The third-order valence-corrected chi connectivity index (χ3v) is 5.07. The number of amides is 1. The van der Waals surface area contributed by atoms with Crippen LogP contribution in [0.3, 0.4) is 0 Å². The molecule has 3 aromatic rings. The van der Waals surface area contributed by atoms with E-state index in [-0.39, 0.29) is 11.9 Å². The van der Waals surface area contributed by atoms with Gasteiger partial charge in [0.25, 0.3) is 5.91 Å². The van der Waals surface area contributed by atoms with Gasteiger partial charge in [-0.05, 0) is 50.4 Å². The minimum absolute atomic E-state index is 0.137. The van der Waals surface area contributed by atoms with E-state index in [1.165, 1.54) is 0 Å². The number of aryl methyl sites for hydroxylation is 2. The number of carbonyl (C=O) groups is 1. The molecule has 0 saturated carbocycles. The number of aromatic nitrogens is 4. The van der Waals surface area contributed by atoms with Crippen molar-refractivity contribution < 1.29 is 4.79 Å². The second-order valence-corrected chi connectivity index (χ2v) is 6.74. The third kappa shape index (κ3) is 3.32. The molecule has 0 aliphatic rings. The molecule has 0 fully saturated rings. The highest BCUT2D eigenvalue weighted by atomic mass is 32.1. The predicted molar refractivity (Wildman–Crippen MR) is 98.2 cm³/mol. The molecule has 1 unspecified atom stereocenters. The zero-order valence-electron chi connectivity index (χ0n) is 14.8. The van der Waals surface area contributed by atoms with Crippen molar-refractivity contribution in [2.24, 2.45) is 0 Å². The summed E-state index contributed by atoms with van der Waals surface area (Å²) in [4.78, 5) is 13.1. The van der Waals surface area contributed by atoms with Crippen molar-refractivity contribution in [2.45, 2.75) is 40.2 Å². The Morgan fingerprint density at radius 1 is 1.32 bits per heavy atom. The van der Waals surface area contributed by atoms with E-state index in [9.17, 15) is 4.79 Å². The van der Waals surface area contributed by atoms with Crippen molar-refractivity contribution in [1.29, 1.82) is 0 Å². The van der Waals surface area contributed by atoms with E-state index in [0.29, 0.717) is 11.3 Å². The number of hydrogen-bond acceptors (Lipinski definition) is 5. The molecule has 1 amide bonds. The fourth-order valence-corrected chi connectivity index (χ4v) is 3.50. The van der Waals surface area contributed by atoms with Crippen LogP contribution in [0.15, 0.2) is 30.5 Å². The topological polar surface area (TPSA) is 72.7 Å². The lowest BCUT2D eigenvalue weighted by molar-refractivity contribution is 0.0943. The quantitative estimate of drug-likeness (QED) is 0.761. The summed E-state index contributed by atoms with van der Waals surface area (Å²) >= 11 is 1.13. The molecule has 0 radical (unpaired) electrons. The Morgan fingerprint density at radius 2 is 2.08 bits per heavy atom. The van der Waals surface area contributed by atoms with Gasteiger partial charge in [-0.25, -0.2) is 4.68 Å². The first-order chi connectivity index (χ1) is 12.0. The third-order valence-electron chi connectivity index (χ3n) is 4.30. The maximum Gasteiger partial charge on any atom is 0.265 e. The Kier molecular flexibility index (Phi) is 4.94. The standard InChI is InChI=1S/C18H21N5OS/c1-5-15-17(25-22-21-15)18(24)20-12(3)14-10-19-23(13(14)4)16-9-7-6-8-11(16)2/h6-10,12H,5H2,1-4H3,(H,20,24). The maximum absolute atomic E-state index is 12.5. The normalized spacial score (nSPS) is 12.2. The first-order valence-corrected chi connectivity index (χ1v) is 9.02. The minimum Gasteiger partial charge on any atom is -0.345 e. The lowest BCUT2D eigenvalue weighted by Crippen LogP contribution is -2.27. The van der Waals surface area contributed by atoms with Crippen molar-refractivity contribution in [2.75, 3.05) is 0 Å². The van der Waals surface area contributed by atoms with Gasteiger partial charge < -0.3 is 5.32 Å². The van der Waals surface area contributed by atoms with Crippen LogP contribution in [0.5, 0.6) is 0 Å². The van der Waals surface area contributed by atoms with E-state index in [2.05, 4.69) is 33.0 Å². The van der Waals surface area contributed by atoms with Gasteiger partial charge >= 0.3 is 0 Å².